The summed E-state index contributed by atoms with van der Waals surface area (Å²) in [6, 6.07) is 5.47. The highest BCUT2D eigenvalue weighted by atomic mass is 35.5. The Bertz CT molecular complexity index is 785. The van der Waals surface area contributed by atoms with Crippen molar-refractivity contribution in [3.63, 3.8) is 0 Å². The monoisotopic (exact) mass is 384 g/mol. The van der Waals surface area contributed by atoms with E-state index in [1.807, 2.05) is 0 Å². The van der Waals surface area contributed by atoms with Crippen LogP contribution < -0.4 is 0 Å². The number of carbonyl (C=O) groups excluding carboxylic acids is 2. The maximum absolute atomic E-state index is 12.9. The van der Waals surface area contributed by atoms with E-state index >= 15 is 0 Å². The zero-order valence-corrected chi connectivity index (χ0v) is 15.6. The molecule has 8 heteroatoms. The summed E-state index contributed by atoms with van der Waals surface area (Å²) >= 11 is 5.78. The van der Waals surface area contributed by atoms with Crippen LogP contribution in [0.15, 0.2) is 29.2 Å². The molecule has 0 aromatic heterocycles. The number of amides is 3. The van der Waals surface area contributed by atoms with E-state index < -0.39 is 21.4 Å². The van der Waals surface area contributed by atoms with Gasteiger partial charge in [-0.25, -0.2) is 13.2 Å². The van der Waals surface area contributed by atoms with E-state index in [1.165, 1.54) is 29.2 Å². The van der Waals surface area contributed by atoms with Gasteiger partial charge < -0.3 is 4.90 Å². The molecule has 1 saturated carbocycles. The lowest BCUT2D eigenvalue weighted by Gasteiger charge is -2.35. The molecule has 0 radical (unpaired) electrons. The van der Waals surface area contributed by atoms with Gasteiger partial charge in [0.25, 0.3) is 5.91 Å². The van der Waals surface area contributed by atoms with E-state index in [2.05, 4.69) is 0 Å². The molecule has 1 aromatic carbocycles. The third-order valence-electron chi connectivity index (χ3n) is 5.24. The van der Waals surface area contributed by atoms with Gasteiger partial charge >= 0.3 is 6.03 Å². The Kier molecular flexibility index (Phi) is 4.81. The number of hydrogen-bond donors (Lipinski definition) is 0. The molecule has 25 heavy (non-hydrogen) atoms. The fraction of sp³-hybridized carbons (Fsp3) is 0.529. The van der Waals surface area contributed by atoms with Crippen molar-refractivity contribution in [3.8, 4) is 0 Å². The molecule has 1 spiro atoms. The summed E-state index contributed by atoms with van der Waals surface area (Å²) in [4.78, 5) is 28.1. The molecule has 0 atom stereocenters. The minimum atomic E-state index is -3.59. The maximum atomic E-state index is 12.9. The molecule has 1 aliphatic heterocycles. The number of nitrogens with zero attached hydrogens (tertiary/aromatic N) is 2. The number of imide groups is 1. The van der Waals surface area contributed by atoms with Crippen molar-refractivity contribution in [1.29, 1.82) is 0 Å². The van der Waals surface area contributed by atoms with E-state index in [0.717, 1.165) is 24.2 Å². The van der Waals surface area contributed by atoms with Crippen molar-refractivity contribution in [3.05, 3.63) is 29.3 Å². The Morgan fingerprint density at radius 2 is 1.68 bits per heavy atom. The van der Waals surface area contributed by atoms with Crippen molar-refractivity contribution in [1.82, 2.24) is 9.80 Å². The molecule has 6 nitrogen and oxygen atoms in total. The lowest BCUT2D eigenvalue weighted by atomic mass is 9.81. The Labute approximate surface area is 152 Å². The van der Waals surface area contributed by atoms with Crippen LogP contribution in [0.25, 0.3) is 0 Å². The average molecular weight is 385 g/mol. The molecule has 3 amide bonds. The number of likely N-dealkylation sites (N-methyl/N-ethyl adjacent to an activating group) is 1. The molecule has 136 valence electrons. The quantitative estimate of drug-likeness (QED) is 0.748. The van der Waals surface area contributed by atoms with E-state index in [0.29, 0.717) is 17.9 Å². The minimum Gasteiger partial charge on any atom is -0.313 e. The molecule has 1 heterocycles. The Balaban J connectivity index is 1.75. The maximum Gasteiger partial charge on any atom is 0.327 e. The number of sulfone groups is 1. The van der Waals surface area contributed by atoms with Crippen molar-refractivity contribution in [2.24, 2.45) is 0 Å². The lowest BCUT2D eigenvalue weighted by molar-refractivity contribution is -0.134. The van der Waals surface area contributed by atoms with E-state index in [9.17, 15) is 18.0 Å². The highest BCUT2D eigenvalue weighted by Gasteiger charge is 2.55. The first kappa shape index (κ1) is 18.2. The second kappa shape index (κ2) is 6.61. The standard InChI is InChI=1S/C17H21ClN2O4S/c1-19-16(22)20(15(21)17(19)9-3-2-4-10-17)11-12-25(23,24)14-7-5-13(18)6-8-14/h5-8H,2-4,9-12H2,1H3. The van der Waals surface area contributed by atoms with Gasteiger partial charge in [-0.3, -0.25) is 9.69 Å². The van der Waals surface area contributed by atoms with Gasteiger partial charge in [-0.1, -0.05) is 30.9 Å². The molecule has 0 bridgehead atoms. The molecular weight excluding hydrogens is 364 g/mol. The molecule has 1 aliphatic carbocycles. The smallest absolute Gasteiger partial charge is 0.313 e. The van der Waals surface area contributed by atoms with Gasteiger partial charge in [0, 0.05) is 18.6 Å². The van der Waals surface area contributed by atoms with Crippen LogP contribution in [-0.2, 0) is 14.6 Å². The fourth-order valence-electron chi connectivity index (χ4n) is 3.70. The normalized spacial score (nSPS) is 20.6. The second-order valence-electron chi connectivity index (χ2n) is 6.66. The van der Waals surface area contributed by atoms with Gasteiger partial charge in [-0.2, -0.15) is 0 Å². The summed E-state index contributed by atoms with van der Waals surface area (Å²) in [6.07, 6.45) is 4.16. The summed E-state index contributed by atoms with van der Waals surface area (Å²) in [5.74, 6) is -0.554. The zero-order valence-electron chi connectivity index (χ0n) is 14.1. The number of rotatable bonds is 4. The SMILES string of the molecule is CN1C(=O)N(CCS(=O)(=O)c2ccc(Cl)cc2)C(=O)C12CCCCC2. The highest BCUT2D eigenvalue weighted by Crippen LogP contribution is 2.39. The van der Waals surface area contributed by atoms with Crippen LogP contribution in [-0.4, -0.2) is 55.0 Å². The third-order valence-corrected chi connectivity index (χ3v) is 7.20. The molecule has 0 unspecified atom stereocenters. The largest absolute Gasteiger partial charge is 0.327 e. The van der Waals surface area contributed by atoms with E-state index in [-0.39, 0.29) is 23.1 Å². The van der Waals surface area contributed by atoms with Crippen LogP contribution in [0.4, 0.5) is 4.79 Å². The van der Waals surface area contributed by atoms with Crippen LogP contribution in [0.2, 0.25) is 5.02 Å². The predicted octanol–water partition coefficient (Wildman–Crippen LogP) is 2.71. The average Bonchev–Trinajstić information content (AvgIpc) is 2.76. The second-order valence-corrected chi connectivity index (χ2v) is 9.21. The first-order valence-electron chi connectivity index (χ1n) is 8.36. The molecule has 2 fully saturated rings. The Morgan fingerprint density at radius 3 is 2.28 bits per heavy atom. The molecule has 1 saturated heterocycles. The third kappa shape index (κ3) is 3.15. The molecule has 2 aliphatic rings. The van der Waals surface area contributed by atoms with Gasteiger partial charge in [0.15, 0.2) is 9.84 Å². The predicted molar refractivity (Wildman–Crippen MR) is 94.2 cm³/mol. The van der Waals surface area contributed by atoms with E-state index in [4.69, 9.17) is 11.6 Å². The van der Waals surface area contributed by atoms with Gasteiger partial charge in [0.1, 0.15) is 5.54 Å². The first-order chi connectivity index (χ1) is 11.8. The summed E-state index contributed by atoms with van der Waals surface area (Å²) in [5.41, 5.74) is -0.778. The number of halogens is 1. The molecule has 0 N–H and O–H groups in total. The summed E-state index contributed by atoms with van der Waals surface area (Å²) < 4.78 is 24.9. The summed E-state index contributed by atoms with van der Waals surface area (Å²) in [5, 5.41) is 0.449. The number of benzene rings is 1. The Morgan fingerprint density at radius 1 is 1.08 bits per heavy atom. The summed E-state index contributed by atoms with van der Waals surface area (Å²) in [6.45, 7) is -0.130. The van der Waals surface area contributed by atoms with Gasteiger partial charge in [0.2, 0.25) is 0 Å². The highest BCUT2D eigenvalue weighted by molar-refractivity contribution is 7.91. The van der Waals surface area contributed by atoms with Gasteiger partial charge in [-0.05, 0) is 37.1 Å². The van der Waals surface area contributed by atoms with Gasteiger partial charge in [-0.15, -0.1) is 0 Å². The number of hydrogen-bond acceptors (Lipinski definition) is 4. The van der Waals surface area contributed by atoms with Crippen molar-refractivity contribution in [2.75, 3.05) is 19.3 Å². The minimum absolute atomic E-state index is 0.130. The van der Waals surface area contributed by atoms with Crippen LogP contribution in [0.1, 0.15) is 32.1 Å². The van der Waals surface area contributed by atoms with Crippen molar-refractivity contribution in [2.45, 2.75) is 42.5 Å². The summed E-state index contributed by atoms with van der Waals surface area (Å²) in [7, 11) is -1.96. The zero-order chi connectivity index (χ0) is 18.2. The fourth-order valence-corrected chi connectivity index (χ4v) is 5.04. The molecular formula is C17H21ClN2O4S. The lowest BCUT2D eigenvalue weighted by Crippen LogP contribution is -2.49. The molecule has 1 aromatic rings. The van der Waals surface area contributed by atoms with E-state index in [1.54, 1.807) is 7.05 Å². The first-order valence-corrected chi connectivity index (χ1v) is 10.4. The van der Waals surface area contributed by atoms with Crippen LogP contribution in [0, 0.1) is 0 Å². The topological polar surface area (TPSA) is 74.8 Å². The van der Waals surface area contributed by atoms with Crippen molar-refractivity contribution < 1.29 is 18.0 Å². The van der Waals surface area contributed by atoms with Gasteiger partial charge in [0.05, 0.1) is 10.6 Å². The van der Waals surface area contributed by atoms with Crippen molar-refractivity contribution >= 4 is 33.4 Å². The van der Waals surface area contributed by atoms with Crippen LogP contribution in [0.3, 0.4) is 0 Å². The Hall–Kier alpha value is -1.60. The van der Waals surface area contributed by atoms with Crippen LogP contribution in [0.5, 0.6) is 0 Å². The number of urea groups is 1. The van der Waals surface area contributed by atoms with Crippen LogP contribution >= 0.6 is 11.6 Å². The molecule has 3 rings (SSSR count). The number of carbonyl (C=O) groups is 2.